The minimum absolute atomic E-state index is 0.120. The number of hydrogen-bond acceptors (Lipinski definition) is 12. The van der Waals surface area contributed by atoms with Gasteiger partial charge in [-0.2, -0.15) is 0 Å². The normalized spacial score (nSPS) is 11.4. The van der Waals surface area contributed by atoms with Crippen LogP contribution in [-0.2, 0) is 60.4 Å². The summed E-state index contributed by atoms with van der Waals surface area (Å²) in [6.45, 7) is 10.3. The fraction of sp³-hybridized carbons (Fsp3) is 0.913. The third-order valence-electron chi connectivity index (χ3n) is 10.1. The van der Waals surface area contributed by atoms with E-state index in [9.17, 15) is 9.59 Å². The van der Waals surface area contributed by atoms with Crippen molar-refractivity contribution >= 4 is 11.9 Å². The van der Waals surface area contributed by atoms with E-state index in [4.69, 9.17) is 37.9 Å². The van der Waals surface area contributed by atoms with E-state index in [1.54, 1.807) is 7.11 Å². The number of rotatable bonds is 49. The number of aryl methyl sites for hydroxylation is 1. The lowest BCUT2D eigenvalue weighted by Crippen LogP contribution is -2.27. The van der Waals surface area contributed by atoms with Crippen molar-refractivity contribution in [2.24, 2.45) is 0 Å². The molecule has 14 nitrogen and oxygen atoms in total. The van der Waals surface area contributed by atoms with Crippen LogP contribution in [0.5, 0.6) is 0 Å². The molecule has 1 aromatic rings. The molecule has 60 heavy (non-hydrogen) atoms. The Hall–Kier alpha value is -2.20. The zero-order chi connectivity index (χ0) is 43.1. The summed E-state index contributed by atoms with van der Waals surface area (Å²) in [5.41, 5.74) is 1.00. The molecule has 0 bridgehead atoms. The number of aromatic nitrogens is 3. The van der Waals surface area contributed by atoms with E-state index >= 15 is 0 Å². The number of ether oxygens (including phenoxy) is 8. The lowest BCUT2D eigenvalue weighted by atomic mass is 10.0. The summed E-state index contributed by atoms with van der Waals surface area (Å²) in [6.07, 6.45) is 30.2. The average Bonchev–Trinajstić information content (AvgIpc) is 3.71. The second-order valence-corrected chi connectivity index (χ2v) is 15.5. The van der Waals surface area contributed by atoms with E-state index in [0.29, 0.717) is 112 Å². The predicted molar refractivity (Wildman–Crippen MR) is 236 cm³/mol. The van der Waals surface area contributed by atoms with Crippen LogP contribution in [0.4, 0.5) is 0 Å². The SMILES string of the molecule is CCCCCCCCCCCCCCCCCC(=O)NCCOCCOCCOCCn1cc(CCCCCCCCC(=O)OCCOCCOCCOCCOC)nn1. The first-order chi connectivity index (χ1) is 29.7. The third-order valence-corrected chi connectivity index (χ3v) is 10.1. The summed E-state index contributed by atoms with van der Waals surface area (Å²) in [6, 6.07) is 0. The van der Waals surface area contributed by atoms with Gasteiger partial charge in [-0.3, -0.25) is 9.59 Å². The van der Waals surface area contributed by atoms with Gasteiger partial charge in [0.1, 0.15) is 6.61 Å². The standard InChI is InChI=1S/C46H88N4O10/c1-3-4-5-6-7-8-9-10-11-12-13-14-15-19-22-25-45(51)47-27-29-54-33-35-57-36-34-55-30-28-50-43-44(48-49-50)24-21-18-16-17-20-23-26-46(52)60-42-41-59-40-39-58-38-37-56-32-31-53-2/h43H,3-42H2,1-2H3,(H,47,51). The molecule has 1 rings (SSSR count). The number of amides is 1. The van der Waals surface area contributed by atoms with Crippen LogP contribution in [0.2, 0.25) is 0 Å². The Morgan fingerprint density at radius 3 is 1.48 bits per heavy atom. The largest absolute Gasteiger partial charge is 0.463 e. The highest BCUT2D eigenvalue weighted by molar-refractivity contribution is 5.75. The maximum atomic E-state index is 12.1. The van der Waals surface area contributed by atoms with E-state index in [1.165, 1.54) is 83.5 Å². The average molecular weight is 857 g/mol. The maximum Gasteiger partial charge on any atom is 0.305 e. The first-order valence-electron chi connectivity index (χ1n) is 23.9. The number of esters is 1. The molecular formula is C46H88N4O10. The first-order valence-corrected chi connectivity index (χ1v) is 23.9. The van der Waals surface area contributed by atoms with Gasteiger partial charge in [-0.15, -0.1) is 5.10 Å². The topological polar surface area (TPSA) is 151 Å². The molecule has 1 N–H and O–H groups in total. The maximum absolute atomic E-state index is 12.1. The molecular weight excluding hydrogens is 769 g/mol. The molecule has 1 aromatic heterocycles. The van der Waals surface area contributed by atoms with Crippen LogP contribution >= 0.6 is 0 Å². The first kappa shape index (κ1) is 55.8. The summed E-state index contributed by atoms with van der Waals surface area (Å²) < 4.78 is 45.0. The van der Waals surface area contributed by atoms with Gasteiger partial charge in [0.25, 0.3) is 0 Å². The Kier molecular flexibility index (Phi) is 43.1. The molecule has 0 aliphatic carbocycles. The Balaban J connectivity index is 1.78. The Morgan fingerprint density at radius 1 is 0.517 bits per heavy atom. The van der Waals surface area contributed by atoms with Crippen LogP contribution in [0.1, 0.15) is 160 Å². The van der Waals surface area contributed by atoms with Gasteiger partial charge in [-0.1, -0.05) is 128 Å². The van der Waals surface area contributed by atoms with Crippen molar-refractivity contribution in [1.82, 2.24) is 20.3 Å². The van der Waals surface area contributed by atoms with Crippen molar-refractivity contribution in [3.8, 4) is 0 Å². The highest BCUT2D eigenvalue weighted by atomic mass is 16.6. The van der Waals surface area contributed by atoms with Crippen LogP contribution in [0.3, 0.4) is 0 Å². The van der Waals surface area contributed by atoms with Crippen LogP contribution in [0.25, 0.3) is 0 Å². The van der Waals surface area contributed by atoms with Crippen molar-refractivity contribution < 1.29 is 47.5 Å². The highest BCUT2D eigenvalue weighted by Crippen LogP contribution is 2.14. The molecule has 0 unspecified atom stereocenters. The van der Waals surface area contributed by atoms with Gasteiger partial charge in [0.2, 0.25) is 5.91 Å². The van der Waals surface area contributed by atoms with Crippen LogP contribution in [0.15, 0.2) is 6.20 Å². The minimum atomic E-state index is -0.166. The van der Waals surface area contributed by atoms with E-state index in [1.807, 2.05) is 10.9 Å². The number of methoxy groups -OCH3 is 1. The van der Waals surface area contributed by atoms with E-state index in [2.05, 4.69) is 22.6 Å². The van der Waals surface area contributed by atoms with Gasteiger partial charge in [0.15, 0.2) is 0 Å². The summed E-state index contributed by atoms with van der Waals surface area (Å²) in [5.74, 6) is -0.0455. The summed E-state index contributed by atoms with van der Waals surface area (Å²) in [7, 11) is 1.64. The predicted octanol–water partition coefficient (Wildman–Crippen LogP) is 8.22. The lowest BCUT2D eigenvalue weighted by molar-refractivity contribution is -0.145. The Labute approximate surface area is 364 Å². The van der Waals surface area contributed by atoms with Gasteiger partial charge in [0, 0.05) is 32.7 Å². The van der Waals surface area contributed by atoms with Crippen LogP contribution in [-0.4, -0.2) is 133 Å². The van der Waals surface area contributed by atoms with Gasteiger partial charge in [0.05, 0.1) is 98.1 Å². The van der Waals surface area contributed by atoms with Crippen molar-refractivity contribution in [2.75, 3.05) is 106 Å². The Bertz CT molecular complexity index is 1050. The van der Waals surface area contributed by atoms with Gasteiger partial charge >= 0.3 is 5.97 Å². The van der Waals surface area contributed by atoms with E-state index < -0.39 is 0 Å². The smallest absolute Gasteiger partial charge is 0.305 e. The summed E-state index contributed by atoms with van der Waals surface area (Å²) in [5, 5.41) is 11.5. The van der Waals surface area contributed by atoms with Crippen LogP contribution in [0, 0.1) is 0 Å². The molecule has 0 aliphatic heterocycles. The second kappa shape index (κ2) is 46.3. The lowest BCUT2D eigenvalue weighted by Gasteiger charge is -2.08. The zero-order valence-corrected chi connectivity index (χ0v) is 38.3. The number of nitrogens with one attached hydrogen (secondary N) is 1. The molecule has 0 fully saturated rings. The quantitative estimate of drug-likeness (QED) is 0.0497. The number of hydrogen-bond donors (Lipinski definition) is 1. The number of nitrogens with zero attached hydrogens (tertiary/aromatic N) is 3. The van der Waals surface area contributed by atoms with Crippen molar-refractivity contribution in [3.05, 3.63) is 11.9 Å². The molecule has 352 valence electrons. The summed E-state index contributed by atoms with van der Waals surface area (Å²) in [4.78, 5) is 24.0. The molecule has 1 amide bonds. The molecule has 1 heterocycles. The molecule has 0 aliphatic rings. The monoisotopic (exact) mass is 857 g/mol. The van der Waals surface area contributed by atoms with E-state index in [0.717, 1.165) is 63.5 Å². The molecule has 0 radical (unpaired) electrons. The molecule has 0 saturated carbocycles. The fourth-order valence-electron chi connectivity index (χ4n) is 6.52. The van der Waals surface area contributed by atoms with Gasteiger partial charge < -0.3 is 43.2 Å². The molecule has 0 atom stereocenters. The highest BCUT2D eigenvalue weighted by Gasteiger charge is 2.05. The fourth-order valence-corrected chi connectivity index (χ4v) is 6.52. The molecule has 0 aromatic carbocycles. The zero-order valence-electron chi connectivity index (χ0n) is 38.3. The molecule has 14 heteroatoms. The number of carbonyl (C=O) groups is 2. The van der Waals surface area contributed by atoms with Gasteiger partial charge in [-0.25, -0.2) is 4.68 Å². The van der Waals surface area contributed by atoms with Gasteiger partial charge in [-0.05, 0) is 25.7 Å². The van der Waals surface area contributed by atoms with Crippen molar-refractivity contribution in [2.45, 2.75) is 168 Å². The summed E-state index contributed by atoms with van der Waals surface area (Å²) >= 11 is 0. The Morgan fingerprint density at radius 2 is 0.950 bits per heavy atom. The van der Waals surface area contributed by atoms with Crippen molar-refractivity contribution in [1.29, 1.82) is 0 Å². The molecule has 0 spiro atoms. The third kappa shape index (κ3) is 41.2. The second-order valence-electron chi connectivity index (χ2n) is 15.5. The van der Waals surface area contributed by atoms with Crippen molar-refractivity contribution in [3.63, 3.8) is 0 Å². The van der Waals surface area contributed by atoms with E-state index in [-0.39, 0.29) is 18.5 Å². The minimum Gasteiger partial charge on any atom is -0.463 e. The number of carbonyl (C=O) groups excluding carboxylic acids is 2. The number of unbranched alkanes of at least 4 members (excludes halogenated alkanes) is 19. The molecule has 0 saturated heterocycles. The van der Waals surface area contributed by atoms with Crippen LogP contribution < -0.4 is 5.32 Å².